The highest BCUT2D eigenvalue weighted by molar-refractivity contribution is 5.64. The number of benzene rings is 3. The fourth-order valence-electron chi connectivity index (χ4n) is 4.08. The van der Waals surface area contributed by atoms with Crippen LogP contribution in [0.1, 0.15) is 11.9 Å². The molecule has 1 N–H and O–H groups in total. The van der Waals surface area contributed by atoms with Crippen molar-refractivity contribution in [1.29, 1.82) is 0 Å². The van der Waals surface area contributed by atoms with E-state index in [1.54, 1.807) is 61.7 Å². The Morgan fingerprint density at radius 1 is 0.861 bits per heavy atom. The third kappa shape index (κ3) is 5.44. The van der Waals surface area contributed by atoms with Gasteiger partial charge in [0, 0.05) is 5.56 Å². The van der Waals surface area contributed by atoms with Crippen molar-refractivity contribution in [2.75, 3.05) is 13.7 Å². The molecule has 0 radical (unpaired) electrons. The number of carbonyl (C=O) groups excluding carboxylic acids is 1. The summed E-state index contributed by atoms with van der Waals surface area (Å²) in [7, 11) is 1.56. The van der Waals surface area contributed by atoms with Gasteiger partial charge < -0.3 is 38.3 Å². The Kier molecular flexibility index (Phi) is 7.33. The van der Waals surface area contributed by atoms with Gasteiger partial charge in [0.1, 0.15) is 29.5 Å². The van der Waals surface area contributed by atoms with E-state index < -0.39 is 43.2 Å². The van der Waals surface area contributed by atoms with Crippen LogP contribution in [0.25, 0.3) is 0 Å². The van der Waals surface area contributed by atoms with Crippen molar-refractivity contribution in [1.82, 2.24) is 0 Å². The number of aliphatic hydroxyl groups excluding tert-OH is 1. The van der Waals surface area contributed by atoms with E-state index in [4.69, 9.17) is 33.2 Å². The van der Waals surface area contributed by atoms with E-state index in [2.05, 4.69) is 0 Å². The monoisotopic (exact) mass is 494 g/mol. The summed E-state index contributed by atoms with van der Waals surface area (Å²) < 4.78 is 39.9. The van der Waals surface area contributed by atoms with Crippen LogP contribution in [0.4, 0.5) is 4.79 Å². The second-order valence-corrected chi connectivity index (χ2v) is 8.25. The molecule has 3 aromatic rings. The Hall–Kier alpha value is -3.63. The molecule has 0 spiro atoms. The van der Waals surface area contributed by atoms with E-state index in [0.29, 0.717) is 17.2 Å². The number of hydrogen-bond acceptors (Lipinski definition) is 9. The van der Waals surface area contributed by atoms with Crippen LogP contribution in [-0.2, 0) is 18.9 Å². The van der Waals surface area contributed by atoms with Crippen LogP contribution in [0.3, 0.4) is 0 Å². The number of methoxy groups -OCH3 is 1. The molecule has 2 fully saturated rings. The maximum absolute atomic E-state index is 12.6. The summed E-state index contributed by atoms with van der Waals surface area (Å²) in [5.41, 5.74) is 0.785. The van der Waals surface area contributed by atoms with Gasteiger partial charge in [-0.2, -0.15) is 0 Å². The second kappa shape index (κ2) is 11.0. The molecular weight excluding hydrogens is 468 g/mol. The molecule has 9 nitrogen and oxygen atoms in total. The number of para-hydroxylation sites is 1. The van der Waals surface area contributed by atoms with Crippen molar-refractivity contribution in [3.63, 3.8) is 0 Å². The first kappa shape index (κ1) is 24.1. The van der Waals surface area contributed by atoms with Crippen LogP contribution in [0.2, 0.25) is 0 Å². The summed E-state index contributed by atoms with van der Waals surface area (Å²) in [6.45, 7) is 0.132. The molecule has 0 aliphatic carbocycles. The molecule has 4 unspecified atom stereocenters. The Balaban J connectivity index is 1.35. The van der Waals surface area contributed by atoms with E-state index in [1.807, 2.05) is 30.3 Å². The van der Waals surface area contributed by atoms with Crippen molar-refractivity contribution >= 4 is 6.16 Å². The molecule has 36 heavy (non-hydrogen) atoms. The Morgan fingerprint density at radius 2 is 1.53 bits per heavy atom. The maximum Gasteiger partial charge on any atom is 0.514 e. The molecular formula is C27H26O9. The van der Waals surface area contributed by atoms with Crippen LogP contribution in [0.15, 0.2) is 84.9 Å². The molecule has 2 saturated heterocycles. The highest BCUT2D eigenvalue weighted by Gasteiger charge is 2.52. The Labute approximate surface area is 208 Å². The summed E-state index contributed by atoms with van der Waals surface area (Å²) in [5, 5.41) is 11.2. The normalized spacial score (nSPS) is 27.4. The Bertz CT molecular complexity index is 1120. The van der Waals surface area contributed by atoms with E-state index in [0.717, 1.165) is 5.56 Å². The summed E-state index contributed by atoms with van der Waals surface area (Å²) in [6, 6.07) is 24.6. The predicted molar refractivity (Wildman–Crippen MR) is 126 cm³/mol. The first-order chi connectivity index (χ1) is 17.6. The van der Waals surface area contributed by atoms with E-state index >= 15 is 0 Å². The van der Waals surface area contributed by atoms with Gasteiger partial charge >= 0.3 is 6.16 Å². The zero-order valence-electron chi connectivity index (χ0n) is 19.5. The number of rotatable bonds is 6. The van der Waals surface area contributed by atoms with Gasteiger partial charge in [0.25, 0.3) is 0 Å². The molecule has 9 heteroatoms. The van der Waals surface area contributed by atoms with Gasteiger partial charge in [-0.15, -0.1) is 0 Å². The third-order valence-electron chi connectivity index (χ3n) is 5.87. The van der Waals surface area contributed by atoms with Gasteiger partial charge in [-0.1, -0.05) is 48.5 Å². The smallest absolute Gasteiger partial charge is 0.497 e. The van der Waals surface area contributed by atoms with Gasteiger partial charge in [-0.3, -0.25) is 0 Å². The molecule has 2 heterocycles. The van der Waals surface area contributed by atoms with Crippen molar-refractivity contribution in [2.45, 2.75) is 37.0 Å². The SMILES string of the molecule is COc1ccc(OC2OC3COC(c4ccccc4)O[C@@H]3C(OC(=O)Oc3ccccc3)[C@@H]2O)cc1. The lowest BCUT2D eigenvalue weighted by Gasteiger charge is -2.46. The van der Waals surface area contributed by atoms with E-state index in [9.17, 15) is 9.90 Å². The van der Waals surface area contributed by atoms with Crippen LogP contribution in [0.5, 0.6) is 17.2 Å². The van der Waals surface area contributed by atoms with Crippen LogP contribution in [-0.4, -0.2) is 55.7 Å². The number of ether oxygens (including phenoxy) is 7. The lowest BCUT2D eigenvalue weighted by molar-refractivity contribution is -0.349. The summed E-state index contributed by atoms with van der Waals surface area (Å²) >= 11 is 0. The second-order valence-electron chi connectivity index (χ2n) is 8.25. The summed E-state index contributed by atoms with van der Waals surface area (Å²) in [6.07, 6.45) is -6.91. The minimum absolute atomic E-state index is 0.132. The van der Waals surface area contributed by atoms with E-state index in [-0.39, 0.29) is 6.61 Å². The molecule has 5 rings (SSSR count). The van der Waals surface area contributed by atoms with Crippen molar-refractivity contribution in [3.8, 4) is 17.2 Å². The molecule has 3 aromatic carbocycles. The highest BCUT2D eigenvalue weighted by atomic mass is 16.8. The number of carbonyl (C=O) groups is 1. The molecule has 2 aliphatic rings. The quantitative estimate of drug-likeness (QED) is 0.404. The van der Waals surface area contributed by atoms with Crippen molar-refractivity contribution in [2.24, 2.45) is 0 Å². The van der Waals surface area contributed by atoms with E-state index in [1.165, 1.54) is 0 Å². The fourth-order valence-corrected chi connectivity index (χ4v) is 4.08. The van der Waals surface area contributed by atoms with Crippen molar-refractivity contribution in [3.05, 3.63) is 90.5 Å². The van der Waals surface area contributed by atoms with Gasteiger partial charge in [0.15, 0.2) is 18.5 Å². The largest absolute Gasteiger partial charge is 0.514 e. The lowest BCUT2D eigenvalue weighted by Crippen LogP contribution is -2.64. The minimum Gasteiger partial charge on any atom is -0.497 e. The summed E-state index contributed by atoms with van der Waals surface area (Å²) in [5.74, 6) is 1.39. The predicted octanol–water partition coefficient (Wildman–Crippen LogP) is 3.86. The topological polar surface area (TPSA) is 102 Å². The van der Waals surface area contributed by atoms with Crippen molar-refractivity contribution < 1.29 is 43.1 Å². The molecule has 6 atom stereocenters. The van der Waals surface area contributed by atoms with Gasteiger partial charge in [0.2, 0.25) is 6.29 Å². The first-order valence-corrected chi connectivity index (χ1v) is 11.5. The molecule has 2 aliphatic heterocycles. The minimum atomic E-state index is -1.38. The van der Waals surface area contributed by atoms with Gasteiger partial charge in [0.05, 0.1) is 13.7 Å². The first-order valence-electron chi connectivity index (χ1n) is 11.5. The summed E-state index contributed by atoms with van der Waals surface area (Å²) in [4.78, 5) is 12.6. The average molecular weight is 494 g/mol. The molecule has 188 valence electrons. The van der Waals surface area contributed by atoms with Gasteiger partial charge in [-0.25, -0.2) is 4.79 Å². The molecule has 0 saturated carbocycles. The number of fused-ring (bicyclic) bond motifs is 1. The highest BCUT2D eigenvalue weighted by Crippen LogP contribution is 2.36. The Morgan fingerprint density at radius 3 is 2.22 bits per heavy atom. The zero-order chi connectivity index (χ0) is 24.9. The molecule has 0 amide bonds. The third-order valence-corrected chi connectivity index (χ3v) is 5.87. The molecule has 0 bridgehead atoms. The van der Waals surface area contributed by atoms with Crippen LogP contribution in [0, 0.1) is 0 Å². The molecule has 0 aromatic heterocycles. The van der Waals surface area contributed by atoms with Crippen LogP contribution >= 0.6 is 0 Å². The van der Waals surface area contributed by atoms with Crippen LogP contribution < -0.4 is 14.2 Å². The number of hydrogen-bond donors (Lipinski definition) is 1. The maximum atomic E-state index is 12.6. The average Bonchev–Trinajstić information content (AvgIpc) is 2.92. The number of aliphatic hydroxyl groups is 1. The standard InChI is InChI=1S/C27H26O9/c1-30-18-12-14-20(15-13-18)32-26-22(28)24(36-27(29)33-19-10-6-3-7-11-19)23-21(34-26)16-31-25(35-23)17-8-4-2-5-9-17/h2-15,21-26,28H,16H2,1H3/t21?,22-,23-,24?,25?,26?/m0/s1. The van der Waals surface area contributed by atoms with Gasteiger partial charge in [-0.05, 0) is 36.4 Å². The lowest BCUT2D eigenvalue weighted by atomic mass is 9.97. The zero-order valence-corrected chi connectivity index (χ0v) is 19.5. The fraction of sp³-hybridized carbons (Fsp3) is 0.296.